The van der Waals surface area contributed by atoms with E-state index in [1.807, 2.05) is 20.8 Å². The SMILES string of the molecule is CCCCCC[C@@H](C)NC(=O)c1cc(C)c(CC)[nH]c1=O. The van der Waals surface area contributed by atoms with Crippen LogP contribution in [0.5, 0.6) is 0 Å². The molecule has 0 fully saturated rings. The quantitative estimate of drug-likeness (QED) is 0.722. The van der Waals surface area contributed by atoms with Crippen LogP contribution < -0.4 is 10.9 Å². The predicted octanol–water partition coefficient (Wildman–Crippen LogP) is 3.33. The number of aromatic nitrogens is 1. The molecule has 0 bridgehead atoms. The standard InChI is InChI=1S/C17H28N2O2/c1-5-7-8-9-10-13(4)18-16(20)14-11-12(3)15(6-2)19-17(14)21/h11,13H,5-10H2,1-4H3,(H,18,20)(H,19,21)/t13-/m1/s1. The normalized spacial score (nSPS) is 12.2. The number of aryl methyl sites for hydroxylation is 2. The molecule has 0 aliphatic heterocycles. The minimum absolute atomic E-state index is 0.0971. The molecule has 4 nitrogen and oxygen atoms in total. The van der Waals surface area contributed by atoms with Gasteiger partial charge in [0.15, 0.2) is 0 Å². The number of carbonyl (C=O) groups is 1. The van der Waals surface area contributed by atoms with Crippen molar-refractivity contribution in [1.82, 2.24) is 10.3 Å². The zero-order chi connectivity index (χ0) is 15.8. The summed E-state index contributed by atoms with van der Waals surface area (Å²) in [6.07, 6.45) is 6.46. The summed E-state index contributed by atoms with van der Waals surface area (Å²) in [5, 5.41) is 2.92. The molecule has 1 heterocycles. The summed E-state index contributed by atoms with van der Waals surface area (Å²) in [6, 6.07) is 1.79. The maximum absolute atomic E-state index is 12.2. The third-order valence-electron chi connectivity index (χ3n) is 3.81. The monoisotopic (exact) mass is 292 g/mol. The summed E-state index contributed by atoms with van der Waals surface area (Å²) in [4.78, 5) is 26.9. The van der Waals surface area contributed by atoms with Crippen molar-refractivity contribution in [2.24, 2.45) is 0 Å². The van der Waals surface area contributed by atoms with Gasteiger partial charge in [-0.2, -0.15) is 0 Å². The molecule has 118 valence electrons. The summed E-state index contributed by atoms with van der Waals surface area (Å²) in [5.41, 5.74) is 1.76. The summed E-state index contributed by atoms with van der Waals surface area (Å²) >= 11 is 0. The number of rotatable bonds is 8. The summed E-state index contributed by atoms with van der Waals surface area (Å²) in [5.74, 6) is -0.273. The van der Waals surface area contributed by atoms with E-state index in [9.17, 15) is 9.59 Å². The number of H-pyrrole nitrogens is 1. The smallest absolute Gasteiger partial charge is 0.261 e. The van der Waals surface area contributed by atoms with E-state index in [0.717, 1.165) is 30.5 Å². The van der Waals surface area contributed by atoms with E-state index in [2.05, 4.69) is 17.2 Å². The molecule has 1 rings (SSSR count). The highest BCUT2D eigenvalue weighted by Crippen LogP contribution is 2.07. The molecule has 1 amide bonds. The van der Waals surface area contributed by atoms with Crippen LogP contribution in [0, 0.1) is 6.92 Å². The molecule has 21 heavy (non-hydrogen) atoms. The van der Waals surface area contributed by atoms with E-state index in [-0.39, 0.29) is 23.1 Å². The summed E-state index contributed by atoms with van der Waals surface area (Å²) in [7, 11) is 0. The van der Waals surface area contributed by atoms with E-state index in [1.54, 1.807) is 6.07 Å². The van der Waals surface area contributed by atoms with Crippen molar-refractivity contribution in [1.29, 1.82) is 0 Å². The van der Waals surface area contributed by atoms with Crippen molar-refractivity contribution in [2.75, 3.05) is 0 Å². The Labute approximate surface area is 127 Å². The highest BCUT2D eigenvalue weighted by Gasteiger charge is 2.14. The second kappa shape index (κ2) is 8.65. The average molecular weight is 292 g/mol. The number of amides is 1. The van der Waals surface area contributed by atoms with Crippen molar-refractivity contribution < 1.29 is 4.79 Å². The van der Waals surface area contributed by atoms with Gasteiger partial charge in [0.25, 0.3) is 11.5 Å². The fourth-order valence-electron chi connectivity index (χ4n) is 2.46. The van der Waals surface area contributed by atoms with Crippen LogP contribution in [0.3, 0.4) is 0 Å². The molecule has 4 heteroatoms. The number of hydrogen-bond donors (Lipinski definition) is 2. The Morgan fingerprint density at radius 3 is 2.62 bits per heavy atom. The van der Waals surface area contributed by atoms with Crippen LogP contribution in [0.25, 0.3) is 0 Å². The van der Waals surface area contributed by atoms with Gasteiger partial charge in [-0.3, -0.25) is 9.59 Å². The maximum atomic E-state index is 12.2. The minimum Gasteiger partial charge on any atom is -0.349 e. The van der Waals surface area contributed by atoms with Crippen LogP contribution in [0.1, 0.15) is 74.5 Å². The molecule has 1 aromatic rings. The molecule has 0 aliphatic rings. The third-order valence-corrected chi connectivity index (χ3v) is 3.81. The Balaban J connectivity index is 2.63. The molecule has 0 saturated heterocycles. The van der Waals surface area contributed by atoms with E-state index in [4.69, 9.17) is 0 Å². The molecule has 0 saturated carbocycles. The van der Waals surface area contributed by atoms with Gasteiger partial charge in [-0.05, 0) is 38.3 Å². The van der Waals surface area contributed by atoms with Gasteiger partial charge >= 0.3 is 0 Å². The molecule has 2 N–H and O–H groups in total. The lowest BCUT2D eigenvalue weighted by molar-refractivity contribution is 0.0936. The Morgan fingerprint density at radius 1 is 1.29 bits per heavy atom. The molecular formula is C17H28N2O2. The van der Waals surface area contributed by atoms with Crippen molar-refractivity contribution in [3.8, 4) is 0 Å². The number of hydrogen-bond acceptors (Lipinski definition) is 2. The van der Waals surface area contributed by atoms with Gasteiger partial charge in [-0.1, -0.05) is 39.5 Å². The van der Waals surface area contributed by atoms with Crippen LogP contribution in [0.2, 0.25) is 0 Å². The van der Waals surface area contributed by atoms with Crippen molar-refractivity contribution in [2.45, 2.75) is 72.3 Å². The highest BCUT2D eigenvalue weighted by atomic mass is 16.2. The number of pyridine rings is 1. The van der Waals surface area contributed by atoms with Gasteiger partial charge in [-0.25, -0.2) is 0 Å². The number of nitrogens with one attached hydrogen (secondary N) is 2. The third kappa shape index (κ3) is 5.37. The molecule has 0 aromatic carbocycles. The van der Waals surface area contributed by atoms with Gasteiger partial charge in [0.2, 0.25) is 0 Å². The summed E-state index contributed by atoms with van der Waals surface area (Å²) < 4.78 is 0. The summed E-state index contributed by atoms with van der Waals surface area (Å²) in [6.45, 7) is 8.07. The fourth-order valence-corrected chi connectivity index (χ4v) is 2.46. The second-order valence-corrected chi connectivity index (χ2v) is 5.75. The van der Waals surface area contributed by atoms with Gasteiger partial charge in [0, 0.05) is 11.7 Å². The molecule has 1 atom stereocenters. The van der Waals surface area contributed by atoms with Crippen LogP contribution in [0.15, 0.2) is 10.9 Å². The topological polar surface area (TPSA) is 62.0 Å². The van der Waals surface area contributed by atoms with Crippen LogP contribution in [-0.2, 0) is 6.42 Å². The number of carbonyl (C=O) groups excluding carboxylic acids is 1. The van der Waals surface area contributed by atoms with Crippen LogP contribution in [0.4, 0.5) is 0 Å². The average Bonchev–Trinajstić information content (AvgIpc) is 2.45. The van der Waals surface area contributed by atoms with Gasteiger partial charge in [0.05, 0.1) is 0 Å². The number of unbranched alkanes of at least 4 members (excludes halogenated alkanes) is 3. The van der Waals surface area contributed by atoms with Crippen molar-refractivity contribution in [3.63, 3.8) is 0 Å². The van der Waals surface area contributed by atoms with E-state index >= 15 is 0 Å². The molecular weight excluding hydrogens is 264 g/mol. The Bertz CT molecular complexity index is 520. The van der Waals surface area contributed by atoms with Crippen LogP contribution in [-0.4, -0.2) is 16.9 Å². The maximum Gasteiger partial charge on any atom is 0.261 e. The lowest BCUT2D eigenvalue weighted by Gasteiger charge is -2.14. The molecule has 1 aromatic heterocycles. The zero-order valence-corrected chi connectivity index (χ0v) is 13.7. The lowest BCUT2D eigenvalue weighted by Crippen LogP contribution is -2.36. The molecule has 0 radical (unpaired) electrons. The Morgan fingerprint density at radius 2 is 2.00 bits per heavy atom. The largest absolute Gasteiger partial charge is 0.349 e. The molecule has 0 unspecified atom stereocenters. The molecule has 0 spiro atoms. The highest BCUT2D eigenvalue weighted by molar-refractivity contribution is 5.94. The lowest BCUT2D eigenvalue weighted by atomic mass is 10.1. The van der Waals surface area contributed by atoms with Crippen LogP contribution >= 0.6 is 0 Å². The second-order valence-electron chi connectivity index (χ2n) is 5.75. The van der Waals surface area contributed by atoms with E-state index in [1.165, 1.54) is 19.3 Å². The molecule has 0 aliphatic carbocycles. The minimum atomic E-state index is -0.298. The first-order valence-corrected chi connectivity index (χ1v) is 8.03. The van der Waals surface area contributed by atoms with Gasteiger partial charge in [0.1, 0.15) is 5.56 Å². The fraction of sp³-hybridized carbons (Fsp3) is 0.647. The zero-order valence-electron chi connectivity index (χ0n) is 13.7. The van der Waals surface area contributed by atoms with Crippen molar-refractivity contribution in [3.05, 3.63) is 33.2 Å². The van der Waals surface area contributed by atoms with Gasteiger partial charge in [-0.15, -0.1) is 0 Å². The Hall–Kier alpha value is -1.58. The predicted molar refractivity (Wildman–Crippen MR) is 86.9 cm³/mol. The van der Waals surface area contributed by atoms with E-state index < -0.39 is 0 Å². The van der Waals surface area contributed by atoms with Gasteiger partial charge < -0.3 is 10.3 Å². The van der Waals surface area contributed by atoms with Crippen molar-refractivity contribution >= 4 is 5.91 Å². The first-order valence-electron chi connectivity index (χ1n) is 8.03. The first-order chi connectivity index (χ1) is 9.99. The van der Waals surface area contributed by atoms with E-state index in [0.29, 0.717) is 0 Å². The first kappa shape index (κ1) is 17.5. The Kier molecular flexibility index (Phi) is 7.20. The number of aromatic amines is 1.